The van der Waals surface area contributed by atoms with Gasteiger partial charge in [-0.2, -0.15) is 0 Å². The van der Waals surface area contributed by atoms with Crippen LogP contribution in [0, 0.1) is 41.4 Å². The van der Waals surface area contributed by atoms with Gasteiger partial charge in [0.15, 0.2) is 0 Å². The molecule has 0 amide bonds. The highest BCUT2D eigenvalue weighted by atomic mass is 16.7. The first-order chi connectivity index (χ1) is 16.9. The van der Waals surface area contributed by atoms with Crippen LogP contribution in [0.3, 0.4) is 0 Å². The second-order valence-electron chi connectivity index (χ2n) is 11.0. The first kappa shape index (κ1) is 27.8. The summed E-state index contributed by atoms with van der Waals surface area (Å²) in [7, 11) is 0. The highest BCUT2D eigenvalue weighted by molar-refractivity contribution is 5.81. The Kier molecular flexibility index (Phi) is 11.2. The van der Waals surface area contributed by atoms with Crippen LogP contribution in [0.15, 0.2) is 12.7 Å². The van der Waals surface area contributed by atoms with Crippen LogP contribution < -0.4 is 0 Å². The Hall–Kier alpha value is -1.80. The lowest BCUT2D eigenvalue weighted by atomic mass is 9.78. The number of ether oxygens (including phenoxy) is 3. The molecule has 0 spiro atoms. The van der Waals surface area contributed by atoms with Gasteiger partial charge in [0.25, 0.3) is 0 Å². The molecule has 0 aromatic heterocycles. The number of hydrogen-bond donors (Lipinski definition) is 0. The van der Waals surface area contributed by atoms with E-state index in [-0.39, 0.29) is 24.1 Å². The zero-order valence-corrected chi connectivity index (χ0v) is 22.1. The summed E-state index contributed by atoms with van der Waals surface area (Å²) in [5.74, 6) is 8.90. The van der Waals surface area contributed by atoms with Crippen molar-refractivity contribution in [2.45, 2.75) is 123 Å². The molecular formula is C30H46O5. The Morgan fingerprint density at radius 2 is 1.60 bits per heavy atom. The van der Waals surface area contributed by atoms with Crippen LogP contribution in [-0.4, -0.2) is 30.4 Å². The molecule has 0 saturated heterocycles. The Morgan fingerprint density at radius 3 is 2.20 bits per heavy atom. The van der Waals surface area contributed by atoms with Crippen LogP contribution in [0.4, 0.5) is 0 Å². The van der Waals surface area contributed by atoms with Gasteiger partial charge in [-0.05, 0) is 82.5 Å². The van der Waals surface area contributed by atoms with Crippen molar-refractivity contribution in [2.75, 3.05) is 0 Å². The normalized spacial score (nSPS) is 34.1. The van der Waals surface area contributed by atoms with Crippen molar-refractivity contribution in [3.05, 3.63) is 12.7 Å². The summed E-state index contributed by atoms with van der Waals surface area (Å²) < 4.78 is 17.2. The van der Waals surface area contributed by atoms with Gasteiger partial charge >= 0.3 is 11.9 Å². The quantitative estimate of drug-likeness (QED) is 0.167. The van der Waals surface area contributed by atoms with Crippen LogP contribution in [0.2, 0.25) is 0 Å². The molecule has 5 heteroatoms. The molecule has 196 valence electrons. The predicted octanol–water partition coefficient (Wildman–Crippen LogP) is 6.59. The molecule has 3 aliphatic rings. The number of rotatable bonds is 8. The first-order valence-corrected chi connectivity index (χ1v) is 14.1. The smallest absolute Gasteiger partial charge is 0.332 e. The minimum Gasteiger partial charge on any atom is -0.462 e. The summed E-state index contributed by atoms with van der Waals surface area (Å²) >= 11 is 0. The van der Waals surface area contributed by atoms with Gasteiger partial charge in [-0.15, -0.1) is 0 Å². The Bertz CT molecular complexity index is 748. The maximum Gasteiger partial charge on any atom is 0.332 e. The van der Waals surface area contributed by atoms with Crippen LogP contribution in [0.25, 0.3) is 0 Å². The summed E-state index contributed by atoms with van der Waals surface area (Å²) in [4.78, 5) is 24.3. The lowest BCUT2D eigenvalue weighted by Crippen LogP contribution is -2.36. The fraction of sp³-hybridized carbons (Fsp3) is 0.800. The zero-order chi connectivity index (χ0) is 25.2. The van der Waals surface area contributed by atoms with E-state index in [1.165, 1.54) is 32.1 Å². The van der Waals surface area contributed by atoms with Crippen molar-refractivity contribution >= 4 is 11.9 Å². The molecule has 0 radical (unpaired) electrons. The third-order valence-corrected chi connectivity index (χ3v) is 8.37. The lowest BCUT2D eigenvalue weighted by molar-refractivity contribution is -0.190. The molecule has 0 aliphatic heterocycles. The van der Waals surface area contributed by atoms with Gasteiger partial charge in [0.05, 0.1) is 12.0 Å². The fourth-order valence-electron chi connectivity index (χ4n) is 5.90. The van der Waals surface area contributed by atoms with E-state index in [1.54, 1.807) is 0 Å². The molecule has 0 bridgehead atoms. The molecule has 35 heavy (non-hydrogen) atoms. The molecule has 3 rings (SSSR count). The van der Waals surface area contributed by atoms with E-state index >= 15 is 0 Å². The van der Waals surface area contributed by atoms with E-state index in [1.807, 2.05) is 6.92 Å². The summed E-state index contributed by atoms with van der Waals surface area (Å²) in [6, 6.07) is 0. The van der Waals surface area contributed by atoms with E-state index in [2.05, 4.69) is 32.3 Å². The molecular weight excluding hydrogens is 440 g/mol. The standard InChI is InChI=1S/C30H46O5/c1-5-22-8-10-23(11-9-22)12-13-24-14-19-27(21(4)20-24)34-30(32)25-15-17-26(18-16-25)33-29(7-3)35-28(31)6-2/h6,21-27,29H,2,5,7-11,14-20H2,1,3-4H3. The molecule has 5 nitrogen and oxygen atoms in total. The zero-order valence-electron chi connectivity index (χ0n) is 22.1. The molecule has 4 atom stereocenters. The largest absolute Gasteiger partial charge is 0.462 e. The van der Waals surface area contributed by atoms with Gasteiger partial charge in [-0.1, -0.05) is 45.6 Å². The maximum atomic E-state index is 12.9. The molecule has 3 fully saturated rings. The van der Waals surface area contributed by atoms with Gasteiger partial charge in [0, 0.05) is 24.3 Å². The van der Waals surface area contributed by atoms with Gasteiger partial charge in [0.2, 0.25) is 6.29 Å². The number of esters is 2. The van der Waals surface area contributed by atoms with Crippen molar-refractivity contribution in [3.63, 3.8) is 0 Å². The third kappa shape index (κ3) is 8.67. The van der Waals surface area contributed by atoms with Crippen LogP contribution >= 0.6 is 0 Å². The number of hydrogen-bond acceptors (Lipinski definition) is 5. The van der Waals surface area contributed by atoms with E-state index in [0.29, 0.717) is 24.2 Å². The summed E-state index contributed by atoms with van der Waals surface area (Å²) in [6.07, 6.45) is 13.8. The third-order valence-electron chi connectivity index (χ3n) is 8.37. The highest BCUT2D eigenvalue weighted by Gasteiger charge is 2.34. The van der Waals surface area contributed by atoms with Gasteiger partial charge in [-0.25, -0.2) is 4.79 Å². The molecule has 4 unspecified atom stereocenters. The van der Waals surface area contributed by atoms with Crippen molar-refractivity contribution in [1.29, 1.82) is 0 Å². The topological polar surface area (TPSA) is 61.8 Å². The molecule has 0 aromatic carbocycles. The van der Waals surface area contributed by atoms with Crippen molar-refractivity contribution in [3.8, 4) is 11.8 Å². The van der Waals surface area contributed by atoms with Gasteiger partial charge < -0.3 is 14.2 Å². The Balaban J connectivity index is 1.37. The summed E-state index contributed by atoms with van der Waals surface area (Å²) in [5.41, 5.74) is 0. The first-order valence-electron chi connectivity index (χ1n) is 14.1. The monoisotopic (exact) mass is 486 g/mol. The predicted molar refractivity (Wildman–Crippen MR) is 137 cm³/mol. The Morgan fingerprint density at radius 1 is 0.943 bits per heavy atom. The summed E-state index contributed by atoms with van der Waals surface area (Å²) in [6.45, 7) is 9.86. The SMILES string of the molecule is C=CC(=O)OC(CC)OC1CCC(C(=O)OC2CCC(C#CC3CCC(CC)CC3)CC2C)CC1. The lowest BCUT2D eigenvalue weighted by Gasteiger charge is -2.34. The number of carbonyl (C=O) groups excluding carboxylic acids is 2. The Labute approximate surface area is 212 Å². The second kappa shape index (κ2) is 14.1. The van der Waals surface area contributed by atoms with E-state index in [0.717, 1.165) is 56.9 Å². The van der Waals surface area contributed by atoms with Crippen molar-refractivity contribution in [1.82, 2.24) is 0 Å². The average Bonchev–Trinajstić information content (AvgIpc) is 2.89. The van der Waals surface area contributed by atoms with Crippen LogP contribution in [0.5, 0.6) is 0 Å². The van der Waals surface area contributed by atoms with E-state index in [9.17, 15) is 9.59 Å². The molecule has 3 saturated carbocycles. The van der Waals surface area contributed by atoms with Crippen LogP contribution in [0.1, 0.15) is 104 Å². The van der Waals surface area contributed by atoms with Crippen molar-refractivity contribution in [2.24, 2.45) is 29.6 Å². The minimum atomic E-state index is -0.556. The fourth-order valence-corrected chi connectivity index (χ4v) is 5.90. The average molecular weight is 487 g/mol. The van der Waals surface area contributed by atoms with Gasteiger partial charge in [-0.3, -0.25) is 4.79 Å². The molecule has 0 heterocycles. The van der Waals surface area contributed by atoms with Crippen LogP contribution in [-0.2, 0) is 23.8 Å². The van der Waals surface area contributed by atoms with Crippen molar-refractivity contribution < 1.29 is 23.8 Å². The van der Waals surface area contributed by atoms with E-state index in [4.69, 9.17) is 14.2 Å². The molecule has 0 aromatic rings. The summed E-state index contributed by atoms with van der Waals surface area (Å²) in [5, 5.41) is 0. The van der Waals surface area contributed by atoms with E-state index < -0.39 is 12.3 Å². The maximum absolute atomic E-state index is 12.9. The molecule has 0 N–H and O–H groups in total. The second-order valence-corrected chi connectivity index (χ2v) is 11.0. The minimum absolute atomic E-state index is 0.00609. The van der Waals surface area contributed by atoms with Gasteiger partial charge in [0.1, 0.15) is 6.10 Å². The number of carbonyl (C=O) groups is 2. The highest BCUT2D eigenvalue weighted by Crippen LogP contribution is 2.35. The molecule has 3 aliphatic carbocycles.